The van der Waals surface area contributed by atoms with Gasteiger partial charge in [-0.1, -0.05) is 30.3 Å². The summed E-state index contributed by atoms with van der Waals surface area (Å²) in [6.07, 6.45) is -1.09. The van der Waals surface area contributed by atoms with E-state index in [1.807, 2.05) is 32.0 Å². The van der Waals surface area contributed by atoms with E-state index >= 15 is 0 Å². The molecule has 1 aromatic carbocycles. The van der Waals surface area contributed by atoms with Crippen molar-refractivity contribution in [2.24, 2.45) is 0 Å². The van der Waals surface area contributed by atoms with Crippen molar-refractivity contribution in [2.75, 3.05) is 13.2 Å². The van der Waals surface area contributed by atoms with E-state index in [0.717, 1.165) is 0 Å². The molecular formula is C14H19NO3. The summed E-state index contributed by atoms with van der Waals surface area (Å²) >= 11 is 0. The van der Waals surface area contributed by atoms with Crippen molar-refractivity contribution in [3.63, 3.8) is 0 Å². The highest BCUT2D eigenvalue weighted by atomic mass is 16.5. The number of aliphatic hydroxyl groups excluding tert-OH is 1. The summed E-state index contributed by atoms with van der Waals surface area (Å²) in [5.74, 6) is -0.246. The quantitative estimate of drug-likeness (QED) is 0.861. The van der Waals surface area contributed by atoms with Gasteiger partial charge in [-0.2, -0.15) is 0 Å². The van der Waals surface area contributed by atoms with Crippen molar-refractivity contribution in [3.05, 3.63) is 35.9 Å². The fraction of sp³-hybridized carbons (Fsp3) is 0.500. The molecule has 1 saturated heterocycles. The summed E-state index contributed by atoms with van der Waals surface area (Å²) in [5, 5.41) is 10.1. The number of morpholine rings is 1. The summed E-state index contributed by atoms with van der Waals surface area (Å²) in [6, 6.07) is 9.02. The first kappa shape index (κ1) is 13.1. The lowest BCUT2D eigenvalue weighted by molar-refractivity contribution is -0.153. The fourth-order valence-corrected chi connectivity index (χ4v) is 2.36. The van der Waals surface area contributed by atoms with Crippen LogP contribution in [0.1, 0.15) is 25.5 Å². The SMILES string of the molecule is CC1COCC(C)N1C(=O)C(O)c1ccccc1. The van der Waals surface area contributed by atoms with Crippen molar-refractivity contribution >= 4 is 5.91 Å². The third-order valence-corrected chi connectivity index (χ3v) is 3.27. The van der Waals surface area contributed by atoms with Crippen LogP contribution in [0, 0.1) is 0 Å². The number of aliphatic hydroxyl groups is 1. The summed E-state index contributed by atoms with van der Waals surface area (Å²) in [4.78, 5) is 14.1. The van der Waals surface area contributed by atoms with Crippen LogP contribution < -0.4 is 0 Å². The van der Waals surface area contributed by atoms with E-state index in [4.69, 9.17) is 4.74 Å². The van der Waals surface area contributed by atoms with E-state index in [9.17, 15) is 9.90 Å². The molecule has 0 spiro atoms. The Hall–Kier alpha value is -1.39. The van der Waals surface area contributed by atoms with Crippen LogP contribution in [0.5, 0.6) is 0 Å². The molecule has 3 atom stereocenters. The Morgan fingerprint density at radius 3 is 2.39 bits per heavy atom. The number of hydrogen-bond donors (Lipinski definition) is 1. The second kappa shape index (κ2) is 5.50. The first-order chi connectivity index (χ1) is 8.61. The lowest BCUT2D eigenvalue weighted by Gasteiger charge is -2.39. The van der Waals surface area contributed by atoms with E-state index in [-0.39, 0.29) is 18.0 Å². The zero-order chi connectivity index (χ0) is 13.1. The normalized spacial score (nSPS) is 25.8. The number of hydrogen-bond acceptors (Lipinski definition) is 3. The highest BCUT2D eigenvalue weighted by molar-refractivity contribution is 5.82. The molecule has 0 aliphatic carbocycles. The smallest absolute Gasteiger partial charge is 0.256 e. The second-order valence-electron chi connectivity index (χ2n) is 4.79. The minimum Gasteiger partial charge on any atom is -0.378 e. The lowest BCUT2D eigenvalue weighted by Crippen LogP contribution is -2.53. The van der Waals surface area contributed by atoms with Crippen LogP contribution in [0.25, 0.3) is 0 Å². The zero-order valence-corrected chi connectivity index (χ0v) is 10.7. The Morgan fingerprint density at radius 1 is 1.28 bits per heavy atom. The van der Waals surface area contributed by atoms with Crippen LogP contribution in [0.3, 0.4) is 0 Å². The van der Waals surface area contributed by atoms with Gasteiger partial charge >= 0.3 is 0 Å². The summed E-state index contributed by atoms with van der Waals surface area (Å²) in [5.41, 5.74) is 0.633. The Morgan fingerprint density at radius 2 is 1.83 bits per heavy atom. The Balaban J connectivity index is 2.15. The van der Waals surface area contributed by atoms with Gasteiger partial charge in [-0.05, 0) is 19.4 Å². The van der Waals surface area contributed by atoms with Crippen molar-refractivity contribution in [1.29, 1.82) is 0 Å². The first-order valence-electron chi connectivity index (χ1n) is 6.24. The molecular weight excluding hydrogens is 230 g/mol. The minimum atomic E-state index is -1.09. The van der Waals surface area contributed by atoms with Crippen LogP contribution in [-0.4, -0.2) is 41.2 Å². The van der Waals surface area contributed by atoms with E-state index in [1.165, 1.54) is 0 Å². The van der Waals surface area contributed by atoms with Gasteiger partial charge in [0.25, 0.3) is 5.91 Å². The van der Waals surface area contributed by atoms with Gasteiger partial charge in [0.15, 0.2) is 6.10 Å². The molecule has 2 rings (SSSR count). The number of amides is 1. The van der Waals surface area contributed by atoms with Gasteiger partial charge < -0.3 is 14.7 Å². The van der Waals surface area contributed by atoms with Gasteiger partial charge in [0.2, 0.25) is 0 Å². The number of nitrogens with zero attached hydrogens (tertiary/aromatic N) is 1. The molecule has 0 radical (unpaired) electrons. The van der Waals surface area contributed by atoms with E-state index in [0.29, 0.717) is 18.8 Å². The standard InChI is InChI=1S/C14H19NO3/c1-10-8-18-9-11(2)15(10)14(17)13(16)12-6-4-3-5-7-12/h3-7,10-11,13,16H,8-9H2,1-2H3. The van der Waals surface area contributed by atoms with Crippen LogP contribution in [-0.2, 0) is 9.53 Å². The van der Waals surface area contributed by atoms with E-state index in [1.54, 1.807) is 17.0 Å². The number of carbonyl (C=O) groups excluding carboxylic acids is 1. The maximum absolute atomic E-state index is 12.3. The molecule has 4 heteroatoms. The van der Waals surface area contributed by atoms with Crippen molar-refractivity contribution in [3.8, 4) is 0 Å². The molecule has 1 aromatic rings. The molecule has 1 fully saturated rings. The molecule has 0 saturated carbocycles. The molecule has 1 aliphatic heterocycles. The molecule has 18 heavy (non-hydrogen) atoms. The lowest BCUT2D eigenvalue weighted by atomic mass is 10.1. The molecule has 1 heterocycles. The molecule has 1 aliphatic rings. The van der Waals surface area contributed by atoms with Gasteiger partial charge in [0, 0.05) is 0 Å². The van der Waals surface area contributed by atoms with Crippen molar-refractivity contribution in [2.45, 2.75) is 32.0 Å². The number of carbonyl (C=O) groups is 1. The number of benzene rings is 1. The Kier molecular flexibility index (Phi) is 3.99. The fourth-order valence-electron chi connectivity index (χ4n) is 2.36. The zero-order valence-electron chi connectivity index (χ0n) is 10.7. The van der Waals surface area contributed by atoms with Crippen LogP contribution in [0.4, 0.5) is 0 Å². The molecule has 0 bridgehead atoms. The summed E-state index contributed by atoms with van der Waals surface area (Å²) < 4.78 is 5.38. The van der Waals surface area contributed by atoms with Crippen LogP contribution >= 0.6 is 0 Å². The second-order valence-corrected chi connectivity index (χ2v) is 4.79. The van der Waals surface area contributed by atoms with Gasteiger partial charge in [-0.25, -0.2) is 0 Å². The highest BCUT2D eigenvalue weighted by Gasteiger charge is 2.33. The highest BCUT2D eigenvalue weighted by Crippen LogP contribution is 2.21. The minimum absolute atomic E-state index is 0.000359. The Labute approximate surface area is 107 Å². The Bertz CT molecular complexity index is 397. The molecule has 4 nitrogen and oxygen atoms in total. The van der Waals surface area contributed by atoms with Crippen molar-refractivity contribution < 1.29 is 14.6 Å². The topological polar surface area (TPSA) is 49.8 Å². The number of ether oxygens (including phenoxy) is 1. The predicted octanol–water partition coefficient (Wildman–Crippen LogP) is 1.36. The summed E-state index contributed by atoms with van der Waals surface area (Å²) in [6.45, 7) is 4.92. The van der Waals surface area contributed by atoms with Crippen molar-refractivity contribution in [1.82, 2.24) is 4.90 Å². The molecule has 1 amide bonds. The summed E-state index contributed by atoms with van der Waals surface area (Å²) in [7, 11) is 0. The van der Waals surface area contributed by atoms with E-state index < -0.39 is 6.10 Å². The average molecular weight is 249 g/mol. The molecule has 0 aromatic heterocycles. The third kappa shape index (κ3) is 2.54. The molecule has 98 valence electrons. The van der Waals surface area contributed by atoms with Gasteiger partial charge in [0.05, 0.1) is 25.3 Å². The maximum atomic E-state index is 12.3. The molecule has 3 unspecified atom stereocenters. The maximum Gasteiger partial charge on any atom is 0.256 e. The largest absolute Gasteiger partial charge is 0.378 e. The number of rotatable bonds is 2. The van der Waals surface area contributed by atoms with Crippen LogP contribution in [0.15, 0.2) is 30.3 Å². The first-order valence-corrected chi connectivity index (χ1v) is 6.24. The van der Waals surface area contributed by atoms with E-state index in [2.05, 4.69) is 0 Å². The molecule has 1 N–H and O–H groups in total. The van der Waals surface area contributed by atoms with Gasteiger partial charge in [-0.15, -0.1) is 0 Å². The third-order valence-electron chi connectivity index (χ3n) is 3.27. The van der Waals surface area contributed by atoms with Crippen LogP contribution in [0.2, 0.25) is 0 Å². The monoisotopic (exact) mass is 249 g/mol. The average Bonchev–Trinajstić information content (AvgIpc) is 2.38. The predicted molar refractivity (Wildman–Crippen MR) is 68.0 cm³/mol. The van der Waals surface area contributed by atoms with Gasteiger partial charge in [-0.3, -0.25) is 4.79 Å². The van der Waals surface area contributed by atoms with Gasteiger partial charge in [0.1, 0.15) is 0 Å².